The van der Waals surface area contributed by atoms with Crippen molar-refractivity contribution in [1.82, 2.24) is 0 Å². The number of aliphatic imine (C=N–C) groups is 2. The van der Waals surface area contributed by atoms with Crippen LogP contribution < -0.4 is 19.3 Å². The van der Waals surface area contributed by atoms with Gasteiger partial charge >= 0.3 is 0 Å². The molecule has 0 atom stereocenters. The van der Waals surface area contributed by atoms with Crippen molar-refractivity contribution in [2.24, 2.45) is 9.98 Å². The van der Waals surface area contributed by atoms with Crippen molar-refractivity contribution in [2.45, 2.75) is 26.7 Å². The van der Waals surface area contributed by atoms with Crippen LogP contribution in [0.4, 0.5) is 22.7 Å². The average Bonchev–Trinajstić information content (AvgIpc) is 3.46. The number of rotatable bonds is 11. The van der Waals surface area contributed by atoms with Crippen LogP contribution in [-0.4, -0.2) is 49.5 Å². The molecule has 2 aliphatic rings. The first-order valence-electron chi connectivity index (χ1n) is 15.0. The van der Waals surface area contributed by atoms with Gasteiger partial charge in [0.25, 0.3) is 11.8 Å². The maximum Gasteiger partial charge on any atom is 0.277 e. The van der Waals surface area contributed by atoms with E-state index in [0.29, 0.717) is 61.9 Å². The van der Waals surface area contributed by atoms with Crippen LogP contribution in [0.25, 0.3) is 0 Å². The molecule has 6 rings (SSSR count). The van der Waals surface area contributed by atoms with Crippen molar-refractivity contribution in [2.75, 3.05) is 36.1 Å². The van der Waals surface area contributed by atoms with Crippen LogP contribution in [0.2, 0.25) is 0 Å². The Balaban J connectivity index is 1.13. The molecule has 0 radical (unpaired) electrons. The van der Waals surface area contributed by atoms with E-state index < -0.39 is 0 Å². The summed E-state index contributed by atoms with van der Waals surface area (Å²) in [5.41, 5.74) is 5.62. The zero-order valence-electron chi connectivity index (χ0n) is 24.9. The first kappa shape index (κ1) is 28.9. The van der Waals surface area contributed by atoms with Crippen molar-refractivity contribution < 1.29 is 19.1 Å². The van der Waals surface area contributed by atoms with Crippen LogP contribution in [0, 0.1) is 0 Å². The summed E-state index contributed by atoms with van der Waals surface area (Å²) in [5, 5.41) is 0. The first-order chi connectivity index (χ1) is 21.6. The fourth-order valence-corrected chi connectivity index (χ4v) is 5.55. The predicted octanol–water partition coefficient (Wildman–Crippen LogP) is 6.90. The van der Waals surface area contributed by atoms with Crippen LogP contribution in [0.5, 0.6) is 11.5 Å². The highest BCUT2D eigenvalue weighted by Gasteiger charge is 2.35. The number of para-hydroxylation sites is 2. The highest BCUT2D eigenvalue weighted by Crippen LogP contribution is 2.33. The minimum absolute atomic E-state index is 0.118. The number of anilines is 2. The molecule has 0 spiro atoms. The average molecular weight is 587 g/mol. The van der Waals surface area contributed by atoms with Gasteiger partial charge in [-0.3, -0.25) is 9.59 Å². The molecule has 8 nitrogen and oxygen atoms in total. The fourth-order valence-electron chi connectivity index (χ4n) is 5.55. The van der Waals surface area contributed by atoms with Crippen LogP contribution in [0.1, 0.15) is 37.8 Å². The van der Waals surface area contributed by atoms with Gasteiger partial charge in [-0.2, -0.15) is 0 Å². The largest absolute Gasteiger partial charge is 0.494 e. The van der Waals surface area contributed by atoms with Gasteiger partial charge in [0.1, 0.15) is 22.9 Å². The molecule has 2 heterocycles. The van der Waals surface area contributed by atoms with Crippen molar-refractivity contribution in [3.63, 3.8) is 0 Å². The van der Waals surface area contributed by atoms with Crippen LogP contribution in [-0.2, 0) is 9.59 Å². The van der Waals surface area contributed by atoms with Gasteiger partial charge in [0.05, 0.1) is 36.0 Å². The molecular formula is C36H34N4O4. The van der Waals surface area contributed by atoms with Gasteiger partial charge in [-0.1, -0.05) is 36.4 Å². The molecule has 0 saturated heterocycles. The quantitative estimate of drug-likeness (QED) is 0.179. The number of nitrogens with zero attached hydrogens (tertiary/aromatic N) is 4. The molecule has 0 bridgehead atoms. The molecule has 4 aromatic carbocycles. The number of benzene rings is 4. The Kier molecular flexibility index (Phi) is 8.50. The van der Waals surface area contributed by atoms with E-state index in [1.54, 1.807) is 9.80 Å². The lowest BCUT2D eigenvalue weighted by molar-refractivity contribution is -0.113. The lowest BCUT2D eigenvalue weighted by Gasteiger charge is -2.19. The lowest BCUT2D eigenvalue weighted by Crippen LogP contribution is -2.33. The van der Waals surface area contributed by atoms with Crippen molar-refractivity contribution in [1.29, 1.82) is 0 Å². The number of hydrogen-bond acceptors (Lipinski definition) is 6. The summed E-state index contributed by atoms with van der Waals surface area (Å²) in [4.78, 5) is 40.1. The van der Waals surface area contributed by atoms with Crippen molar-refractivity contribution in [3.05, 3.63) is 108 Å². The molecule has 0 saturated carbocycles. The fraction of sp³-hybridized carbons (Fsp3) is 0.222. The first-order valence-corrected chi connectivity index (χ1v) is 15.0. The Labute approximate surface area is 257 Å². The van der Waals surface area contributed by atoms with Crippen LogP contribution >= 0.6 is 0 Å². The molecule has 0 aliphatic carbocycles. The molecular weight excluding hydrogens is 552 g/mol. The zero-order chi connectivity index (χ0) is 30.5. The molecule has 2 amide bonds. The van der Waals surface area contributed by atoms with E-state index in [1.165, 1.54) is 0 Å². The summed E-state index contributed by atoms with van der Waals surface area (Å²) in [7, 11) is 0. The van der Waals surface area contributed by atoms with Crippen LogP contribution in [0.15, 0.2) is 107 Å². The van der Waals surface area contributed by atoms with Gasteiger partial charge < -0.3 is 19.3 Å². The Morgan fingerprint density at radius 3 is 1.32 bits per heavy atom. The number of fused-ring (bicyclic) bond motifs is 2. The maximum atomic E-state index is 13.6. The minimum Gasteiger partial charge on any atom is -0.494 e. The number of carbonyl (C=O) groups excluding carboxylic acids is 2. The standard InChI is InChI=1S/C36H34N4O4/c1-3-43-27-19-15-25(16-20-27)37-33-29-11-5-7-13-31(29)39(35(33)41)23-9-10-24-40-32-14-8-6-12-30(32)34(36(40)42)38-26-17-21-28(22-18-26)44-4-2/h5-8,11-22H,3-4,9-10,23-24H2,1-2H3. The van der Waals surface area contributed by atoms with E-state index in [9.17, 15) is 9.59 Å². The second-order valence-electron chi connectivity index (χ2n) is 10.4. The third-order valence-corrected chi connectivity index (χ3v) is 7.59. The van der Waals surface area contributed by atoms with Gasteiger partial charge in [0.2, 0.25) is 0 Å². The van der Waals surface area contributed by atoms with Gasteiger partial charge in [0, 0.05) is 24.2 Å². The Hall–Kier alpha value is -5.24. The van der Waals surface area contributed by atoms with Gasteiger partial charge in [-0.15, -0.1) is 0 Å². The summed E-state index contributed by atoms with van der Waals surface area (Å²) < 4.78 is 11.1. The normalized spacial score (nSPS) is 15.7. The van der Waals surface area contributed by atoms with Crippen LogP contribution in [0.3, 0.4) is 0 Å². The molecule has 0 fully saturated rings. The molecule has 8 heteroatoms. The topological polar surface area (TPSA) is 83.8 Å². The monoisotopic (exact) mass is 586 g/mol. The molecule has 0 N–H and O–H groups in total. The number of hydrogen-bond donors (Lipinski definition) is 0. The van der Waals surface area contributed by atoms with E-state index in [2.05, 4.69) is 0 Å². The molecule has 0 unspecified atom stereocenters. The second-order valence-corrected chi connectivity index (χ2v) is 10.4. The van der Waals surface area contributed by atoms with E-state index in [0.717, 1.165) is 34.0 Å². The van der Waals surface area contributed by atoms with Gasteiger partial charge in [-0.05, 0) is 87.4 Å². The number of unbranched alkanes of at least 4 members (excludes halogenated alkanes) is 1. The summed E-state index contributed by atoms with van der Waals surface area (Å²) in [6, 6.07) is 30.4. The SMILES string of the molecule is CCOc1ccc(N=C2C(=O)N(CCCCN3C(=O)C(=Nc4ccc(OCC)cc4)c4ccccc43)c3ccccc32)cc1. The Morgan fingerprint density at radius 1 is 0.545 bits per heavy atom. The number of ether oxygens (including phenoxy) is 2. The second kappa shape index (κ2) is 13.0. The zero-order valence-corrected chi connectivity index (χ0v) is 24.9. The number of amides is 2. The smallest absolute Gasteiger partial charge is 0.277 e. The Bertz CT molecular complexity index is 1600. The molecule has 4 aromatic rings. The predicted molar refractivity (Wildman–Crippen MR) is 174 cm³/mol. The van der Waals surface area contributed by atoms with Gasteiger partial charge in [0.15, 0.2) is 0 Å². The summed E-state index contributed by atoms with van der Waals surface area (Å²) >= 11 is 0. The minimum atomic E-state index is -0.118. The van der Waals surface area contributed by atoms with Gasteiger partial charge in [-0.25, -0.2) is 9.98 Å². The van der Waals surface area contributed by atoms with E-state index in [4.69, 9.17) is 19.5 Å². The highest BCUT2D eigenvalue weighted by molar-refractivity contribution is 6.55. The summed E-state index contributed by atoms with van der Waals surface area (Å²) in [5.74, 6) is 1.30. The van der Waals surface area contributed by atoms with Crippen molar-refractivity contribution in [3.8, 4) is 11.5 Å². The number of carbonyl (C=O) groups is 2. The summed E-state index contributed by atoms with van der Waals surface area (Å²) in [6.45, 7) is 6.10. The molecule has 0 aromatic heterocycles. The summed E-state index contributed by atoms with van der Waals surface area (Å²) in [6.07, 6.45) is 1.43. The molecule has 44 heavy (non-hydrogen) atoms. The lowest BCUT2D eigenvalue weighted by atomic mass is 10.1. The molecule has 222 valence electrons. The third-order valence-electron chi connectivity index (χ3n) is 7.59. The highest BCUT2D eigenvalue weighted by atomic mass is 16.5. The maximum absolute atomic E-state index is 13.6. The van der Waals surface area contributed by atoms with E-state index in [1.807, 2.05) is 111 Å². The third kappa shape index (κ3) is 5.83. The Morgan fingerprint density at radius 2 is 0.932 bits per heavy atom. The van der Waals surface area contributed by atoms with Crippen molar-refractivity contribution >= 4 is 46.0 Å². The molecule has 2 aliphatic heterocycles. The van der Waals surface area contributed by atoms with E-state index in [-0.39, 0.29) is 11.8 Å². The van der Waals surface area contributed by atoms with E-state index >= 15 is 0 Å².